The molecule has 3 aromatic carbocycles. The van der Waals surface area contributed by atoms with Crippen LogP contribution in [0.15, 0.2) is 65.6 Å². The molecule has 0 nitrogen and oxygen atoms in total. The molecular formula is C25H28S. The molecule has 0 bridgehead atoms. The molecule has 0 saturated heterocycles. The van der Waals surface area contributed by atoms with Gasteiger partial charge in [0.25, 0.3) is 0 Å². The third-order valence-electron chi connectivity index (χ3n) is 5.09. The van der Waals surface area contributed by atoms with E-state index in [4.69, 9.17) is 0 Å². The maximum Gasteiger partial charge on any atom is 0.0189 e. The van der Waals surface area contributed by atoms with Gasteiger partial charge in [0.2, 0.25) is 0 Å². The zero-order chi connectivity index (χ0) is 18.7. The van der Waals surface area contributed by atoms with Gasteiger partial charge in [-0.2, -0.15) is 0 Å². The van der Waals surface area contributed by atoms with Gasteiger partial charge in [-0.05, 0) is 68.0 Å². The van der Waals surface area contributed by atoms with Crippen molar-refractivity contribution in [1.29, 1.82) is 0 Å². The van der Waals surface area contributed by atoms with Crippen LogP contribution in [0.4, 0.5) is 0 Å². The second-order valence-electron chi connectivity index (χ2n) is 7.31. The van der Waals surface area contributed by atoms with Gasteiger partial charge in [-0.3, -0.25) is 0 Å². The van der Waals surface area contributed by atoms with Gasteiger partial charge in [-0.15, -0.1) is 11.8 Å². The van der Waals surface area contributed by atoms with Crippen molar-refractivity contribution in [2.45, 2.75) is 45.4 Å². The summed E-state index contributed by atoms with van der Waals surface area (Å²) in [6, 6.07) is 22.2. The molecule has 0 aromatic heterocycles. The van der Waals surface area contributed by atoms with Crippen molar-refractivity contribution in [3.05, 3.63) is 99.6 Å². The van der Waals surface area contributed by atoms with E-state index in [0.29, 0.717) is 5.92 Å². The first-order chi connectivity index (χ1) is 12.5. The first-order valence-electron chi connectivity index (χ1n) is 9.29. The molecule has 1 heteroatoms. The predicted molar refractivity (Wildman–Crippen MR) is 116 cm³/mol. The third-order valence-corrected chi connectivity index (χ3v) is 6.52. The second kappa shape index (κ2) is 8.14. The Hall–Kier alpha value is -1.99. The molecule has 0 unspecified atom stereocenters. The highest BCUT2D eigenvalue weighted by atomic mass is 32.2. The summed E-state index contributed by atoms with van der Waals surface area (Å²) < 4.78 is 0. The minimum atomic E-state index is 0.404. The summed E-state index contributed by atoms with van der Waals surface area (Å²) >= 11 is 1.99. The largest absolute Gasteiger partial charge is 0.125 e. The standard InChI is InChI=1S/C25H28S/c1-17-14-20(4)24(21(5)15-17)23(22-12-7-6-8-13-22)16-26-25-18(2)10-9-11-19(25)3/h6-15,23H,16H2,1-5H3/t23-/m0/s1. The minimum absolute atomic E-state index is 0.404. The van der Waals surface area contributed by atoms with Crippen LogP contribution in [0.1, 0.15) is 44.9 Å². The lowest BCUT2D eigenvalue weighted by molar-refractivity contribution is 0.907. The minimum Gasteiger partial charge on any atom is -0.125 e. The molecule has 0 saturated carbocycles. The summed E-state index contributed by atoms with van der Waals surface area (Å²) in [7, 11) is 0. The van der Waals surface area contributed by atoms with E-state index in [2.05, 4.69) is 95.3 Å². The maximum absolute atomic E-state index is 2.32. The maximum atomic E-state index is 2.32. The molecule has 0 aliphatic heterocycles. The predicted octanol–water partition coefficient (Wildman–Crippen LogP) is 7.15. The number of benzene rings is 3. The summed E-state index contributed by atoms with van der Waals surface area (Å²) in [5, 5.41) is 0. The highest BCUT2D eigenvalue weighted by Gasteiger charge is 2.20. The van der Waals surface area contributed by atoms with Crippen molar-refractivity contribution >= 4 is 11.8 Å². The molecule has 0 fully saturated rings. The Morgan fingerprint density at radius 3 is 1.85 bits per heavy atom. The van der Waals surface area contributed by atoms with E-state index in [1.807, 2.05) is 11.8 Å². The molecule has 0 N–H and O–H groups in total. The van der Waals surface area contributed by atoms with Crippen LogP contribution in [0.2, 0.25) is 0 Å². The zero-order valence-corrected chi connectivity index (χ0v) is 17.3. The lowest BCUT2D eigenvalue weighted by Gasteiger charge is -2.23. The molecule has 26 heavy (non-hydrogen) atoms. The van der Waals surface area contributed by atoms with E-state index >= 15 is 0 Å². The number of hydrogen-bond donors (Lipinski definition) is 0. The van der Waals surface area contributed by atoms with Gasteiger partial charge in [0, 0.05) is 16.6 Å². The van der Waals surface area contributed by atoms with Gasteiger partial charge >= 0.3 is 0 Å². The highest BCUT2D eigenvalue weighted by molar-refractivity contribution is 7.99. The Morgan fingerprint density at radius 2 is 1.27 bits per heavy atom. The van der Waals surface area contributed by atoms with Crippen LogP contribution in [-0.4, -0.2) is 5.75 Å². The van der Waals surface area contributed by atoms with Gasteiger partial charge in [0.05, 0.1) is 0 Å². The smallest absolute Gasteiger partial charge is 0.0189 e. The van der Waals surface area contributed by atoms with Gasteiger partial charge in [0.15, 0.2) is 0 Å². The average Bonchev–Trinajstić information content (AvgIpc) is 2.59. The summed E-state index contributed by atoms with van der Waals surface area (Å²) in [5.74, 6) is 1.46. The molecule has 0 spiro atoms. The van der Waals surface area contributed by atoms with E-state index in [9.17, 15) is 0 Å². The Morgan fingerprint density at radius 1 is 0.692 bits per heavy atom. The Labute approximate surface area is 162 Å². The molecular weight excluding hydrogens is 332 g/mol. The summed E-state index contributed by atoms with van der Waals surface area (Å²) in [6.07, 6.45) is 0. The van der Waals surface area contributed by atoms with E-state index in [1.165, 1.54) is 43.8 Å². The number of hydrogen-bond acceptors (Lipinski definition) is 1. The highest BCUT2D eigenvalue weighted by Crippen LogP contribution is 2.37. The van der Waals surface area contributed by atoms with Gasteiger partial charge in [-0.25, -0.2) is 0 Å². The van der Waals surface area contributed by atoms with Crippen LogP contribution >= 0.6 is 11.8 Å². The SMILES string of the molecule is Cc1cc(C)c([C@@H](CSc2c(C)cccc2C)c2ccccc2)c(C)c1. The molecule has 0 amide bonds. The fourth-order valence-corrected chi connectivity index (χ4v) is 5.25. The van der Waals surface area contributed by atoms with E-state index in [1.54, 1.807) is 0 Å². The number of rotatable bonds is 5. The quantitative estimate of drug-likeness (QED) is 0.435. The lowest BCUT2D eigenvalue weighted by atomic mass is 9.86. The van der Waals surface area contributed by atoms with E-state index < -0.39 is 0 Å². The fourth-order valence-electron chi connectivity index (χ4n) is 3.97. The third kappa shape index (κ3) is 4.04. The average molecular weight is 361 g/mol. The summed E-state index contributed by atoms with van der Waals surface area (Å²) in [6.45, 7) is 11.1. The first kappa shape index (κ1) is 18.8. The normalized spacial score (nSPS) is 12.2. The van der Waals surface area contributed by atoms with Gasteiger partial charge in [-0.1, -0.05) is 66.2 Å². The Bertz CT molecular complexity index is 850. The van der Waals surface area contributed by atoms with Crippen LogP contribution in [-0.2, 0) is 0 Å². The lowest BCUT2D eigenvalue weighted by Crippen LogP contribution is -2.09. The van der Waals surface area contributed by atoms with Crippen molar-refractivity contribution in [2.24, 2.45) is 0 Å². The van der Waals surface area contributed by atoms with Crippen LogP contribution in [0.3, 0.4) is 0 Å². The van der Waals surface area contributed by atoms with Crippen LogP contribution < -0.4 is 0 Å². The Kier molecular flexibility index (Phi) is 5.88. The molecule has 0 aliphatic carbocycles. The molecule has 0 heterocycles. The molecule has 3 aromatic rings. The van der Waals surface area contributed by atoms with Crippen molar-refractivity contribution in [3.8, 4) is 0 Å². The van der Waals surface area contributed by atoms with Crippen LogP contribution in [0.5, 0.6) is 0 Å². The summed E-state index contributed by atoms with van der Waals surface area (Å²) in [4.78, 5) is 1.43. The molecule has 134 valence electrons. The van der Waals surface area contributed by atoms with Crippen LogP contribution in [0.25, 0.3) is 0 Å². The van der Waals surface area contributed by atoms with Crippen molar-refractivity contribution < 1.29 is 0 Å². The Balaban J connectivity index is 2.01. The van der Waals surface area contributed by atoms with Gasteiger partial charge < -0.3 is 0 Å². The van der Waals surface area contributed by atoms with Crippen LogP contribution in [0, 0.1) is 34.6 Å². The first-order valence-corrected chi connectivity index (χ1v) is 10.3. The molecule has 0 radical (unpaired) electrons. The summed E-state index contributed by atoms with van der Waals surface area (Å²) in [5.41, 5.74) is 9.79. The molecule has 0 aliphatic rings. The molecule has 3 rings (SSSR count). The van der Waals surface area contributed by atoms with Gasteiger partial charge in [0.1, 0.15) is 0 Å². The van der Waals surface area contributed by atoms with E-state index in [0.717, 1.165) is 5.75 Å². The van der Waals surface area contributed by atoms with Crippen molar-refractivity contribution in [2.75, 3.05) is 5.75 Å². The van der Waals surface area contributed by atoms with Crippen molar-refractivity contribution in [1.82, 2.24) is 0 Å². The number of aryl methyl sites for hydroxylation is 5. The number of thioether (sulfide) groups is 1. The monoisotopic (exact) mass is 360 g/mol. The zero-order valence-electron chi connectivity index (χ0n) is 16.5. The van der Waals surface area contributed by atoms with Crippen molar-refractivity contribution in [3.63, 3.8) is 0 Å². The second-order valence-corrected chi connectivity index (χ2v) is 8.34. The molecule has 1 atom stereocenters. The fraction of sp³-hybridized carbons (Fsp3) is 0.280. The topological polar surface area (TPSA) is 0 Å². The van der Waals surface area contributed by atoms with E-state index in [-0.39, 0.29) is 0 Å².